The van der Waals surface area contributed by atoms with E-state index in [-0.39, 0.29) is 0 Å². The molecule has 3 atom stereocenters. The Hall–Kier alpha value is -1.20. The molecule has 1 aromatic rings. The second kappa shape index (κ2) is 5.21. The molecule has 2 fully saturated rings. The van der Waals surface area contributed by atoms with Crippen molar-refractivity contribution in [2.75, 3.05) is 31.6 Å². The molecule has 2 bridgehead atoms. The number of fused-ring (bicyclic) bond motifs is 4. The van der Waals surface area contributed by atoms with Gasteiger partial charge in [0.2, 0.25) is 5.95 Å². The average molecular weight is 287 g/mol. The van der Waals surface area contributed by atoms with Gasteiger partial charge < -0.3 is 10.6 Å². The first-order valence-corrected chi connectivity index (χ1v) is 8.29. The van der Waals surface area contributed by atoms with Crippen molar-refractivity contribution in [2.45, 2.75) is 44.2 Å². The lowest BCUT2D eigenvalue weighted by Crippen LogP contribution is -2.40. The van der Waals surface area contributed by atoms with Crippen LogP contribution in [-0.2, 0) is 6.42 Å². The number of nitrogens with two attached hydrogens (primary N) is 1. The summed E-state index contributed by atoms with van der Waals surface area (Å²) in [5.41, 5.74) is 8.50. The molecule has 2 saturated heterocycles. The molecule has 4 rings (SSSR count). The maximum Gasteiger partial charge on any atom is 0.225 e. The summed E-state index contributed by atoms with van der Waals surface area (Å²) in [6.45, 7) is 2.86. The highest BCUT2D eigenvalue weighted by molar-refractivity contribution is 5.37. The van der Waals surface area contributed by atoms with Crippen LogP contribution in [0.15, 0.2) is 6.20 Å². The standard InChI is InChI=1S/C16H25N5/c1-20-12-4-5-15(20)13-9-18-16(19-14(13)7-12)21-6-2-3-11(8-17)10-21/h9,11-12,15H,2-8,10,17H2,1H3. The molecule has 1 aromatic heterocycles. The number of rotatable bonds is 2. The van der Waals surface area contributed by atoms with Crippen LogP contribution in [0.5, 0.6) is 0 Å². The van der Waals surface area contributed by atoms with Gasteiger partial charge in [-0.25, -0.2) is 9.97 Å². The largest absolute Gasteiger partial charge is 0.340 e. The molecule has 0 spiro atoms. The lowest BCUT2D eigenvalue weighted by Gasteiger charge is -2.35. The van der Waals surface area contributed by atoms with Gasteiger partial charge >= 0.3 is 0 Å². The van der Waals surface area contributed by atoms with Crippen LogP contribution in [0, 0.1) is 5.92 Å². The minimum absolute atomic E-state index is 0.547. The first kappa shape index (κ1) is 13.5. The molecule has 3 aliphatic heterocycles. The van der Waals surface area contributed by atoms with Crippen LogP contribution in [0.1, 0.15) is 43.0 Å². The number of anilines is 1. The fourth-order valence-corrected chi connectivity index (χ4v) is 4.31. The van der Waals surface area contributed by atoms with Gasteiger partial charge in [-0.2, -0.15) is 0 Å². The van der Waals surface area contributed by atoms with E-state index in [0.717, 1.165) is 32.0 Å². The third-order valence-electron chi connectivity index (χ3n) is 5.65. The Kier molecular flexibility index (Phi) is 3.34. The van der Waals surface area contributed by atoms with Crippen molar-refractivity contribution in [3.63, 3.8) is 0 Å². The average Bonchev–Trinajstić information content (AvgIpc) is 2.78. The van der Waals surface area contributed by atoms with Crippen molar-refractivity contribution >= 4 is 5.95 Å². The van der Waals surface area contributed by atoms with Gasteiger partial charge in [-0.1, -0.05) is 0 Å². The normalized spacial score (nSPS) is 32.3. The summed E-state index contributed by atoms with van der Waals surface area (Å²) in [5, 5.41) is 0. The second-order valence-corrected chi connectivity index (χ2v) is 6.88. The van der Waals surface area contributed by atoms with E-state index in [1.54, 1.807) is 0 Å². The van der Waals surface area contributed by atoms with Gasteiger partial charge in [-0.3, -0.25) is 4.90 Å². The molecule has 3 unspecified atom stereocenters. The number of aromatic nitrogens is 2. The summed E-state index contributed by atoms with van der Waals surface area (Å²) >= 11 is 0. The number of likely N-dealkylation sites (N-methyl/N-ethyl adjacent to an activating group) is 1. The molecular weight excluding hydrogens is 262 g/mol. The fraction of sp³-hybridized carbons (Fsp3) is 0.750. The molecular formula is C16H25N5. The van der Waals surface area contributed by atoms with Crippen molar-refractivity contribution in [3.05, 3.63) is 17.5 Å². The summed E-state index contributed by atoms with van der Waals surface area (Å²) in [4.78, 5) is 14.5. The molecule has 0 amide bonds. The zero-order chi connectivity index (χ0) is 14.4. The monoisotopic (exact) mass is 287 g/mol. The van der Waals surface area contributed by atoms with Crippen molar-refractivity contribution in [1.82, 2.24) is 14.9 Å². The van der Waals surface area contributed by atoms with E-state index in [2.05, 4.69) is 28.0 Å². The molecule has 114 valence electrons. The highest BCUT2D eigenvalue weighted by Crippen LogP contribution is 2.41. The zero-order valence-electron chi connectivity index (χ0n) is 12.8. The Balaban J connectivity index is 1.60. The van der Waals surface area contributed by atoms with Gasteiger partial charge in [-0.15, -0.1) is 0 Å². The number of piperidine rings is 1. The molecule has 4 heterocycles. The first-order chi connectivity index (χ1) is 10.3. The van der Waals surface area contributed by atoms with Crippen molar-refractivity contribution in [1.29, 1.82) is 0 Å². The topological polar surface area (TPSA) is 58.3 Å². The summed E-state index contributed by atoms with van der Waals surface area (Å²) in [6.07, 6.45) is 8.18. The molecule has 2 N–H and O–H groups in total. The Morgan fingerprint density at radius 3 is 3.10 bits per heavy atom. The predicted octanol–water partition coefficient (Wildman–Crippen LogP) is 1.34. The SMILES string of the molecule is CN1C2CCC1c1cnc(N3CCCC(CN)C3)nc1C2. The van der Waals surface area contributed by atoms with Crippen LogP contribution >= 0.6 is 0 Å². The van der Waals surface area contributed by atoms with Gasteiger partial charge in [0.15, 0.2) is 0 Å². The highest BCUT2D eigenvalue weighted by atomic mass is 15.3. The fourth-order valence-electron chi connectivity index (χ4n) is 4.31. The molecule has 3 aliphatic rings. The minimum Gasteiger partial charge on any atom is -0.340 e. The summed E-state index contributed by atoms with van der Waals surface area (Å²) in [7, 11) is 2.25. The number of hydrogen-bond donors (Lipinski definition) is 1. The van der Waals surface area contributed by atoms with E-state index in [1.807, 2.05) is 0 Å². The van der Waals surface area contributed by atoms with Crippen LogP contribution in [-0.4, -0.2) is 47.6 Å². The smallest absolute Gasteiger partial charge is 0.225 e. The summed E-state index contributed by atoms with van der Waals surface area (Å²) < 4.78 is 0. The predicted molar refractivity (Wildman–Crippen MR) is 83.3 cm³/mol. The first-order valence-electron chi connectivity index (χ1n) is 8.29. The Labute approximate surface area is 126 Å². The molecule has 0 aliphatic carbocycles. The molecule has 0 aromatic carbocycles. The van der Waals surface area contributed by atoms with E-state index in [9.17, 15) is 0 Å². The van der Waals surface area contributed by atoms with Gasteiger partial charge in [0.25, 0.3) is 0 Å². The van der Waals surface area contributed by atoms with Crippen molar-refractivity contribution < 1.29 is 0 Å². The van der Waals surface area contributed by atoms with Gasteiger partial charge in [-0.05, 0) is 45.2 Å². The van der Waals surface area contributed by atoms with Crippen LogP contribution < -0.4 is 10.6 Å². The van der Waals surface area contributed by atoms with Crippen LogP contribution in [0.3, 0.4) is 0 Å². The molecule has 0 saturated carbocycles. The minimum atomic E-state index is 0.547. The van der Waals surface area contributed by atoms with E-state index >= 15 is 0 Å². The maximum absolute atomic E-state index is 5.84. The van der Waals surface area contributed by atoms with Crippen LogP contribution in [0.25, 0.3) is 0 Å². The molecule has 5 nitrogen and oxygen atoms in total. The summed E-state index contributed by atoms with van der Waals surface area (Å²) in [5.74, 6) is 1.52. The maximum atomic E-state index is 5.84. The molecule has 21 heavy (non-hydrogen) atoms. The number of hydrogen-bond acceptors (Lipinski definition) is 5. The lowest BCUT2D eigenvalue weighted by molar-refractivity contribution is 0.221. The molecule has 5 heteroatoms. The van der Waals surface area contributed by atoms with Gasteiger partial charge in [0, 0.05) is 43.4 Å². The van der Waals surface area contributed by atoms with E-state index < -0.39 is 0 Å². The van der Waals surface area contributed by atoms with Crippen molar-refractivity contribution in [2.24, 2.45) is 11.7 Å². The quantitative estimate of drug-likeness (QED) is 0.889. The molecule has 0 radical (unpaired) electrons. The second-order valence-electron chi connectivity index (χ2n) is 6.88. The third-order valence-corrected chi connectivity index (χ3v) is 5.65. The Bertz CT molecular complexity index is 531. The van der Waals surface area contributed by atoms with E-state index in [4.69, 9.17) is 10.7 Å². The Morgan fingerprint density at radius 2 is 2.24 bits per heavy atom. The van der Waals surface area contributed by atoms with Crippen LogP contribution in [0.4, 0.5) is 5.95 Å². The zero-order valence-corrected chi connectivity index (χ0v) is 12.8. The third kappa shape index (κ3) is 2.23. The van der Waals surface area contributed by atoms with Gasteiger partial charge in [0.05, 0.1) is 5.69 Å². The Morgan fingerprint density at radius 1 is 1.33 bits per heavy atom. The van der Waals surface area contributed by atoms with E-state index in [1.165, 1.54) is 36.9 Å². The summed E-state index contributed by atoms with van der Waals surface area (Å²) in [6, 6.07) is 1.23. The highest BCUT2D eigenvalue weighted by Gasteiger charge is 2.38. The van der Waals surface area contributed by atoms with Gasteiger partial charge in [0.1, 0.15) is 0 Å². The van der Waals surface area contributed by atoms with E-state index in [0.29, 0.717) is 18.0 Å². The lowest BCUT2D eigenvalue weighted by atomic mass is 9.98. The van der Waals surface area contributed by atoms with Crippen molar-refractivity contribution in [3.8, 4) is 0 Å². The van der Waals surface area contributed by atoms with Crippen LogP contribution in [0.2, 0.25) is 0 Å². The number of nitrogens with zero attached hydrogens (tertiary/aromatic N) is 4.